The first-order valence-electron chi connectivity index (χ1n) is 11.3. The number of imide groups is 1. The van der Waals surface area contributed by atoms with Gasteiger partial charge in [-0.25, -0.2) is 0 Å². The summed E-state index contributed by atoms with van der Waals surface area (Å²) < 4.78 is 0. The van der Waals surface area contributed by atoms with E-state index < -0.39 is 29.3 Å². The van der Waals surface area contributed by atoms with E-state index in [0.717, 1.165) is 32.1 Å². The molecule has 32 heavy (non-hydrogen) atoms. The molecule has 0 radical (unpaired) electrons. The molecule has 170 valence electrons. The fraction of sp³-hybridized carbons (Fsp3) is 0.565. The second kappa shape index (κ2) is 7.56. The Morgan fingerprint density at radius 2 is 1.91 bits per heavy atom. The van der Waals surface area contributed by atoms with Gasteiger partial charge in [0.2, 0.25) is 23.6 Å². The van der Waals surface area contributed by atoms with Crippen molar-refractivity contribution in [3.05, 3.63) is 28.3 Å². The quantitative estimate of drug-likeness (QED) is 0.595. The summed E-state index contributed by atoms with van der Waals surface area (Å²) >= 11 is 6.28. The van der Waals surface area contributed by atoms with E-state index in [2.05, 4.69) is 10.6 Å². The lowest BCUT2D eigenvalue weighted by Gasteiger charge is -2.34. The second-order valence-electron chi connectivity index (χ2n) is 9.45. The van der Waals surface area contributed by atoms with Crippen LogP contribution in [0.25, 0.3) is 0 Å². The predicted molar refractivity (Wildman–Crippen MR) is 118 cm³/mol. The number of carbonyl (C=O) groups is 4. The third-order valence-electron chi connectivity index (χ3n) is 7.76. The van der Waals surface area contributed by atoms with Crippen LogP contribution in [0, 0.1) is 18.8 Å². The molecule has 4 N–H and O–H groups in total. The Kier molecular flexibility index (Phi) is 5.05. The molecule has 5 rings (SSSR count). The molecule has 1 aromatic carbocycles. The van der Waals surface area contributed by atoms with E-state index in [9.17, 15) is 19.2 Å². The Balaban J connectivity index is 1.62. The Morgan fingerprint density at radius 3 is 2.59 bits per heavy atom. The summed E-state index contributed by atoms with van der Waals surface area (Å²) in [5.74, 6) is -2.95. The van der Waals surface area contributed by atoms with Crippen LogP contribution in [0.15, 0.2) is 12.1 Å². The van der Waals surface area contributed by atoms with Gasteiger partial charge in [0.05, 0.1) is 17.5 Å². The monoisotopic (exact) mass is 458 g/mol. The number of nitrogens with zero attached hydrogens (tertiary/aromatic N) is 1. The Labute approximate surface area is 191 Å². The number of halogens is 1. The molecule has 3 heterocycles. The standard InChI is InChI=1S/C23H27ClN4O4/c1-11-14(24)8-7-13-19(11)26-22(32)23(13)18-17(15(27-23)9-10-16(25)29)20(30)28(21(18)31)12-5-3-2-4-6-12/h7-8,12,15,17-18,27H,2-6,9-10H2,1H3,(H2,25,29)(H,26,32)/t15-,17+,18-,23+/m0/s1. The van der Waals surface area contributed by atoms with Gasteiger partial charge in [0.15, 0.2) is 0 Å². The number of rotatable bonds is 4. The number of hydrogen-bond donors (Lipinski definition) is 3. The van der Waals surface area contributed by atoms with E-state index in [1.807, 2.05) is 6.92 Å². The maximum atomic E-state index is 13.8. The summed E-state index contributed by atoms with van der Waals surface area (Å²) in [5, 5.41) is 6.75. The molecule has 8 nitrogen and oxygen atoms in total. The normalized spacial score (nSPS) is 31.9. The number of nitrogens with two attached hydrogens (primary N) is 1. The third kappa shape index (κ3) is 2.85. The fourth-order valence-corrected chi connectivity index (χ4v) is 6.41. The summed E-state index contributed by atoms with van der Waals surface area (Å²) in [7, 11) is 0. The molecule has 3 aliphatic heterocycles. The topological polar surface area (TPSA) is 122 Å². The number of primary amides is 1. The van der Waals surface area contributed by atoms with Gasteiger partial charge in [-0.15, -0.1) is 0 Å². The van der Waals surface area contributed by atoms with Crippen molar-refractivity contribution in [3.8, 4) is 0 Å². The van der Waals surface area contributed by atoms with Gasteiger partial charge in [0, 0.05) is 29.1 Å². The average molecular weight is 459 g/mol. The third-order valence-corrected chi connectivity index (χ3v) is 8.17. The highest BCUT2D eigenvalue weighted by Gasteiger charge is 2.70. The van der Waals surface area contributed by atoms with E-state index in [-0.39, 0.29) is 36.6 Å². The highest BCUT2D eigenvalue weighted by molar-refractivity contribution is 6.32. The van der Waals surface area contributed by atoms with E-state index in [1.54, 1.807) is 12.1 Å². The zero-order chi connectivity index (χ0) is 22.8. The Bertz CT molecular complexity index is 1040. The smallest absolute Gasteiger partial charge is 0.250 e. The molecule has 1 aliphatic carbocycles. The van der Waals surface area contributed by atoms with E-state index in [4.69, 9.17) is 17.3 Å². The van der Waals surface area contributed by atoms with E-state index >= 15 is 0 Å². The summed E-state index contributed by atoms with van der Waals surface area (Å²) in [6.07, 6.45) is 4.99. The van der Waals surface area contributed by atoms with Crippen molar-refractivity contribution >= 4 is 40.9 Å². The Morgan fingerprint density at radius 1 is 1.19 bits per heavy atom. The zero-order valence-corrected chi connectivity index (χ0v) is 18.7. The molecule has 0 unspecified atom stereocenters. The van der Waals surface area contributed by atoms with Crippen molar-refractivity contribution in [2.24, 2.45) is 17.6 Å². The molecule has 0 bridgehead atoms. The summed E-state index contributed by atoms with van der Waals surface area (Å²) in [5.41, 5.74) is 5.94. The van der Waals surface area contributed by atoms with Gasteiger partial charge in [-0.05, 0) is 37.8 Å². The van der Waals surface area contributed by atoms with Crippen molar-refractivity contribution in [1.29, 1.82) is 0 Å². The number of hydrogen-bond acceptors (Lipinski definition) is 5. The zero-order valence-electron chi connectivity index (χ0n) is 17.9. The maximum Gasteiger partial charge on any atom is 0.250 e. The van der Waals surface area contributed by atoms with Crippen LogP contribution in [-0.4, -0.2) is 40.6 Å². The lowest BCUT2D eigenvalue weighted by Crippen LogP contribution is -2.54. The molecule has 0 aromatic heterocycles. The van der Waals surface area contributed by atoms with Crippen molar-refractivity contribution < 1.29 is 19.2 Å². The van der Waals surface area contributed by atoms with Crippen molar-refractivity contribution in [2.45, 2.75) is 69.5 Å². The van der Waals surface area contributed by atoms with Gasteiger partial charge < -0.3 is 11.1 Å². The largest absolute Gasteiger partial charge is 0.370 e. The first kappa shape index (κ1) is 21.4. The number of nitrogens with one attached hydrogen (secondary N) is 2. The second-order valence-corrected chi connectivity index (χ2v) is 9.86. The lowest BCUT2D eigenvalue weighted by molar-refractivity contribution is -0.146. The molecule has 4 atom stereocenters. The van der Waals surface area contributed by atoms with Crippen molar-refractivity contribution in [1.82, 2.24) is 10.2 Å². The highest BCUT2D eigenvalue weighted by Crippen LogP contribution is 2.55. The molecule has 4 amide bonds. The molecule has 1 aromatic rings. The fourth-order valence-electron chi connectivity index (χ4n) is 6.26. The number of fused-ring (bicyclic) bond motifs is 4. The molecule has 3 fully saturated rings. The number of benzene rings is 1. The van der Waals surface area contributed by atoms with Crippen LogP contribution < -0.4 is 16.4 Å². The molecule has 1 spiro atoms. The first-order valence-corrected chi connectivity index (χ1v) is 11.7. The lowest BCUT2D eigenvalue weighted by atomic mass is 9.76. The molecule has 9 heteroatoms. The van der Waals surface area contributed by atoms with Crippen LogP contribution in [0.2, 0.25) is 5.02 Å². The minimum atomic E-state index is -1.37. The highest BCUT2D eigenvalue weighted by atomic mass is 35.5. The van der Waals surface area contributed by atoms with Gasteiger partial charge in [-0.3, -0.25) is 29.4 Å². The summed E-state index contributed by atoms with van der Waals surface area (Å²) in [6, 6.07) is 2.83. The SMILES string of the molecule is Cc1c(Cl)ccc2c1NC(=O)[C@@]21N[C@@H](CCC(N)=O)[C@H]2C(=O)N(C3CCCCC3)C(=O)[C@H]21. The molecule has 4 aliphatic rings. The van der Waals surface area contributed by atoms with Crippen LogP contribution in [0.5, 0.6) is 0 Å². The van der Waals surface area contributed by atoms with Crippen LogP contribution >= 0.6 is 11.6 Å². The Hall–Kier alpha value is -2.45. The number of amides is 4. The minimum Gasteiger partial charge on any atom is -0.370 e. The van der Waals surface area contributed by atoms with Crippen LogP contribution in [0.3, 0.4) is 0 Å². The van der Waals surface area contributed by atoms with Crippen LogP contribution in [-0.2, 0) is 24.7 Å². The minimum absolute atomic E-state index is 0.0655. The summed E-state index contributed by atoms with van der Waals surface area (Å²) in [6.45, 7) is 1.81. The van der Waals surface area contributed by atoms with Crippen LogP contribution in [0.1, 0.15) is 56.1 Å². The van der Waals surface area contributed by atoms with Gasteiger partial charge in [0.1, 0.15) is 5.54 Å². The van der Waals surface area contributed by atoms with Gasteiger partial charge in [-0.1, -0.05) is 36.9 Å². The van der Waals surface area contributed by atoms with Crippen LogP contribution in [0.4, 0.5) is 5.69 Å². The van der Waals surface area contributed by atoms with E-state index in [0.29, 0.717) is 21.8 Å². The average Bonchev–Trinajstić information content (AvgIpc) is 3.35. The van der Waals surface area contributed by atoms with Crippen molar-refractivity contribution in [2.75, 3.05) is 5.32 Å². The number of carbonyl (C=O) groups excluding carboxylic acids is 4. The number of likely N-dealkylation sites (tertiary alicyclic amines) is 1. The summed E-state index contributed by atoms with van der Waals surface area (Å²) in [4.78, 5) is 53.9. The molecular formula is C23H27ClN4O4. The first-order chi connectivity index (χ1) is 15.3. The van der Waals surface area contributed by atoms with Gasteiger partial charge >= 0.3 is 0 Å². The maximum absolute atomic E-state index is 13.8. The van der Waals surface area contributed by atoms with E-state index in [1.165, 1.54) is 4.90 Å². The number of anilines is 1. The molecular weight excluding hydrogens is 432 g/mol. The molecule has 1 saturated carbocycles. The van der Waals surface area contributed by atoms with Crippen molar-refractivity contribution in [3.63, 3.8) is 0 Å². The van der Waals surface area contributed by atoms with Gasteiger partial charge in [0.25, 0.3) is 0 Å². The predicted octanol–water partition coefficient (Wildman–Crippen LogP) is 1.97. The van der Waals surface area contributed by atoms with Gasteiger partial charge in [-0.2, -0.15) is 0 Å². The molecule has 2 saturated heterocycles.